The molecule has 0 saturated carbocycles. The fourth-order valence-corrected chi connectivity index (χ4v) is 2.66. The monoisotopic (exact) mass is 245 g/mol. The lowest BCUT2D eigenvalue weighted by Gasteiger charge is -2.06. The molecule has 0 radical (unpaired) electrons. The molecule has 0 aliphatic rings. The summed E-state index contributed by atoms with van der Waals surface area (Å²) in [5.41, 5.74) is 4.06. The predicted molar refractivity (Wildman–Crippen MR) is 76.5 cm³/mol. The lowest BCUT2D eigenvalue weighted by molar-refractivity contribution is 0.675. The van der Waals surface area contributed by atoms with Crippen LogP contribution in [0.5, 0.6) is 0 Å². The molecule has 1 nitrogen and oxygen atoms in total. The third kappa shape index (κ3) is 3.18. The fourth-order valence-electron chi connectivity index (χ4n) is 1.94. The lowest BCUT2D eigenvalue weighted by Crippen LogP contribution is -2.13. The first kappa shape index (κ1) is 12.3. The zero-order valence-corrected chi connectivity index (χ0v) is 11.3. The summed E-state index contributed by atoms with van der Waals surface area (Å²) in [5.74, 6) is 0. The molecule has 0 fully saturated rings. The number of hydrogen-bond acceptors (Lipinski definition) is 2. The molecule has 90 valence electrons. The number of benzene rings is 1. The van der Waals surface area contributed by atoms with E-state index < -0.39 is 0 Å². The van der Waals surface area contributed by atoms with Gasteiger partial charge in [0.15, 0.2) is 0 Å². The van der Waals surface area contributed by atoms with Crippen molar-refractivity contribution in [1.82, 2.24) is 5.32 Å². The Balaban J connectivity index is 2.14. The topological polar surface area (TPSA) is 12.0 Å². The summed E-state index contributed by atoms with van der Waals surface area (Å²) in [6, 6.07) is 11.0. The van der Waals surface area contributed by atoms with Crippen molar-refractivity contribution in [2.24, 2.45) is 0 Å². The van der Waals surface area contributed by atoms with Crippen LogP contribution in [0.2, 0.25) is 0 Å². The largest absolute Gasteiger partial charge is 0.313 e. The number of hydrogen-bond donors (Lipinski definition) is 1. The highest BCUT2D eigenvalue weighted by molar-refractivity contribution is 7.10. The maximum absolute atomic E-state index is 3.44. The zero-order chi connectivity index (χ0) is 12.1. The molecule has 1 N–H and O–H groups in total. The van der Waals surface area contributed by atoms with Gasteiger partial charge < -0.3 is 5.32 Å². The molecule has 1 aromatic carbocycles. The predicted octanol–water partition coefficient (Wildman–Crippen LogP) is 4.22. The van der Waals surface area contributed by atoms with Gasteiger partial charge in [0.25, 0.3) is 0 Å². The standard InChI is InChI=1S/C15H19NS/c1-3-8-16-11-13-5-4-6-14(10-13)15-7-9-17-12(15)2/h4-7,9-10,16H,3,8,11H2,1-2H3. The van der Waals surface area contributed by atoms with Crippen molar-refractivity contribution in [3.63, 3.8) is 0 Å². The van der Waals surface area contributed by atoms with Crippen LogP contribution in [0, 0.1) is 6.92 Å². The van der Waals surface area contributed by atoms with E-state index in [0.717, 1.165) is 13.1 Å². The molecule has 1 heterocycles. The Hall–Kier alpha value is -1.12. The van der Waals surface area contributed by atoms with Gasteiger partial charge in [0.05, 0.1) is 0 Å². The van der Waals surface area contributed by atoms with E-state index in [9.17, 15) is 0 Å². The van der Waals surface area contributed by atoms with Gasteiger partial charge in [-0.1, -0.05) is 25.1 Å². The molecule has 0 unspecified atom stereocenters. The Labute approximate surface area is 108 Å². The Morgan fingerprint density at radius 2 is 2.12 bits per heavy atom. The Morgan fingerprint density at radius 1 is 1.24 bits per heavy atom. The molecular weight excluding hydrogens is 226 g/mol. The van der Waals surface area contributed by atoms with E-state index >= 15 is 0 Å². The highest BCUT2D eigenvalue weighted by Gasteiger charge is 2.03. The summed E-state index contributed by atoms with van der Waals surface area (Å²) in [7, 11) is 0. The molecular formula is C15H19NS. The molecule has 2 aromatic rings. The van der Waals surface area contributed by atoms with Crippen LogP contribution in [0.25, 0.3) is 11.1 Å². The molecule has 0 bridgehead atoms. The SMILES string of the molecule is CCCNCc1cccc(-c2ccsc2C)c1. The van der Waals surface area contributed by atoms with Crippen molar-refractivity contribution in [2.75, 3.05) is 6.54 Å². The first-order valence-electron chi connectivity index (χ1n) is 6.15. The van der Waals surface area contributed by atoms with E-state index in [1.165, 1.54) is 28.0 Å². The Kier molecular flexibility index (Phi) is 4.35. The van der Waals surface area contributed by atoms with E-state index in [1.807, 2.05) is 11.3 Å². The highest BCUT2D eigenvalue weighted by atomic mass is 32.1. The van der Waals surface area contributed by atoms with Crippen molar-refractivity contribution in [2.45, 2.75) is 26.8 Å². The second-order valence-electron chi connectivity index (χ2n) is 4.27. The molecule has 0 atom stereocenters. The lowest BCUT2D eigenvalue weighted by atomic mass is 10.0. The van der Waals surface area contributed by atoms with Gasteiger partial charge in [-0.3, -0.25) is 0 Å². The van der Waals surface area contributed by atoms with E-state index in [0.29, 0.717) is 0 Å². The first-order chi connectivity index (χ1) is 8.31. The van der Waals surface area contributed by atoms with Gasteiger partial charge >= 0.3 is 0 Å². The van der Waals surface area contributed by atoms with Gasteiger partial charge in [-0.2, -0.15) is 0 Å². The minimum absolute atomic E-state index is 0.963. The summed E-state index contributed by atoms with van der Waals surface area (Å²) in [6.07, 6.45) is 1.18. The van der Waals surface area contributed by atoms with Gasteiger partial charge in [0.1, 0.15) is 0 Å². The molecule has 0 saturated heterocycles. The van der Waals surface area contributed by atoms with Crippen molar-refractivity contribution in [1.29, 1.82) is 0 Å². The quantitative estimate of drug-likeness (QED) is 0.778. The molecule has 0 aliphatic heterocycles. The summed E-state index contributed by atoms with van der Waals surface area (Å²) in [4.78, 5) is 1.39. The second kappa shape index (κ2) is 5.99. The second-order valence-corrected chi connectivity index (χ2v) is 5.39. The molecule has 17 heavy (non-hydrogen) atoms. The zero-order valence-electron chi connectivity index (χ0n) is 10.5. The summed E-state index contributed by atoms with van der Waals surface area (Å²) < 4.78 is 0. The Bertz CT molecular complexity index is 473. The fraction of sp³-hybridized carbons (Fsp3) is 0.333. The minimum Gasteiger partial charge on any atom is -0.313 e. The van der Waals surface area contributed by atoms with Crippen LogP contribution in [-0.2, 0) is 6.54 Å². The molecule has 0 spiro atoms. The van der Waals surface area contributed by atoms with Crippen LogP contribution in [0.4, 0.5) is 0 Å². The smallest absolute Gasteiger partial charge is 0.0205 e. The highest BCUT2D eigenvalue weighted by Crippen LogP contribution is 2.27. The van der Waals surface area contributed by atoms with Crippen molar-refractivity contribution < 1.29 is 0 Å². The van der Waals surface area contributed by atoms with Gasteiger partial charge in [-0.25, -0.2) is 0 Å². The summed E-state index contributed by atoms with van der Waals surface area (Å²) in [6.45, 7) is 6.42. The van der Waals surface area contributed by atoms with Crippen molar-refractivity contribution >= 4 is 11.3 Å². The first-order valence-corrected chi connectivity index (χ1v) is 7.03. The summed E-state index contributed by atoms with van der Waals surface area (Å²) in [5, 5.41) is 5.60. The maximum Gasteiger partial charge on any atom is 0.0205 e. The van der Waals surface area contributed by atoms with Crippen LogP contribution in [0.3, 0.4) is 0 Å². The molecule has 0 amide bonds. The third-order valence-corrected chi connectivity index (χ3v) is 3.70. The van der Waals surface area contributed by atoms with E-state index in [-0.39, 0.29) is 0 Å². The van der Waals surface area contributed by atoms with Crippen LogP contribution < -0.4 is 5.32 Å². The maximum atomic E-state index is 3.44. The van der Waals surface area contributed by atoms with E-state index in [4.69, 9.17) is 0 Å². The van der Waals surface area contributed by atoms with Gasteiger partial charge in [-0.15, -0.1) is 11.3 Å². The third-order valence-electron chi connectivity index (χ3n) is 2.85. The molecule has 2 rings (SSSR count). The van der Waals surface area contributed by atoms with Gasteiger partial charge in [0.2, 0.25) is 0 Å². The molecule has 2 heteroatoms. The number of thiophene rings is 1. The number of rotatable bonds is 5. The van der Waals surface area contributed by atoms with Crippen molar-refractivity contribution in [3.8, 4) is 11.1 Å². The molecule has 0 aliphatic carbocycles. The minimum atomic E-state index is 0.963. The van der Waals surface area contributed by atoms with Crippen LogP contribution >= 0.6 is 11.3 Å². The normalized spacial score (nSPS) is 10.7. The molecule has 1 aromatic heterocycles. The summed E-state index contributed by atoms with van der Waals surface area (Å²) >= 11 is 1.81. The average Bonchev–Trinajstić information content (AvgIpc) is 2.76. The van der Waals surface area contributed by atoms with E-state index in [1.54, 1.807) is 0 Å². The van der Waals surface area contributed by atoms with Crippen LogP contribution in [0.1, 0.15) is 23.8 Å². The Morgan fingerprint density at radius 3 is 2.82 bits per heavy atom. The number of nitrogens with one attached hydrogen (secondary N) is 1. The van der Waals surface area contributed by atoms with Gasteiger partial charge in [0, 0.05) is 11.4 Å². The average molecular weight is 245 g/mol. The van der Waals surface area contributed by atoms with Gasteiger partial charge in [-0.05, 0) is 54.1 Å². The van der Waals surface area contributed by atoms with Crippen LogP contribution in [0.15, 0.2) is 35.7 Å². The van der Waals surface area contributed by atoms with Crippen LogP contribution in [-0.4, -0.2) is 6.54 Å². The number of aryl methyl sites for hydroxylation is 1. The van der Waals surface area contributed by atoms with E-state index in [2.05, 4.69) is 54.9 Å². The van der Waals surface area contributed by atoms with Crippen molar-refractivity contribution in [3.05, 3.63) is 46.2 Å².